The number of nitrogens with one attached hydrogen (secondary N) is 1. The quantitative estimate of drug-likeness (QED) is 0.657. The molecule has 1 heterocycles. The largest absolute Gasteiger partial charge is 0.339 e. The molecule has 1 aliphatic heterocycles. The van der Waals surface area contributed by atoms with Crippen LogP contribution in [0, 0.1) is 5.92 Å². The third kappa shape index (κ3) is 3.43. The van der Waals surface area contributed by atoms with Gasteiger partial charge in [-0.2, -0.15) is 0 Å². The average molecular weight is 229 g/mol. The molecule has 1 amide bonds. The summed E-state index contributed by atoms with van der Waals surface area (Å²) in [6.45, 7) is 5.94. The van der Waals surface area contributed by atoms with E-state index < -0.39 is 6.10 Å². The molecule has 2 atom stereocenters. The van der Waals surface area contributed by atoms with Gasteiger partial charge in [0.15, 0.2) is 6.10 Å². The van der Waals surface area contributed by atoms with Gasteiger partial charge in [-0.05, 0) is 25.3 Å². The van der Waals surface area contributed by atoms with Crippen molar-refractivity contribution in [2.45, 2.75) is 38.8 Å². The number of hydrogen-bond donors (Lipinski definition) is 2. The molecule has 0 aromatic rings. The molecule has 5 heteroatoms. The van der Waals surface area contributed by atoms with Gasteiger partial charge in [0.25, 0.3) is 5.91 Å². The SMILES string of the molecule is CC(C)CC(ON)C(=O)N(C)C1CCNC1. The lowest BCUT2D eigenvalue weighted by Gasteiger charge is -2.27. The molecule has 1 aliphatic rings. The number of carbonyl (C=O) groups is 1. The number of nitrogens with zero attached hydrogens (tertiary/aromatic N) is 1. The molecule has 1 rings (SSSR count). The lowest BCUT2D eigenvalue weighted by molar-refractivity contribution is -0.145. The van der Waals surface area contributed by atoms with Crippen LogP contribution in [0.3, 0.4) is 0 Å². The number of rotatable bonds is 5. The van der Waals surface area contributed by atoms with Crippen LogP contribution in [0.25, 0.3) is 0 Å². The highest BCUT2D eigenvalue weighted by atomic mass is 16.6. The van der Waals surface area contributed by atoms with E-state index in [1.807, 2.05) is 7.05 Å². The molecule has 0 bridgehead atoms. The Labute approximate surface area is 97.3 Å². The average Bonchev–Trinajstić information content (AvgIpc) is 2.76. The summed E-state index contributed by atoms with van der Waals surface area (Å²) in [5, 5.41) is 3.24. The van der Waals surface area contributed by atoms with Crippen molar-refractivity contribution in [2.24, 2.45) is 11.8 Å². The van der Waals surface area contributed by atoms with Crippen LogP contribution in [0.5, 0.6) is 0 Å². The standard InChI is InChI=1S/C11H23N3O2/c1-8(2)6-10(16-12)11(15)14(3)9-4-5-13-7-9/h8-10,13H,4-7,12H2,1-3H3. The molecule has 1 fully saturated rings. The first-order valence-corrected chi connectivity index (χ1v) is 5.89. The fourth-order valence-electron chi connectivity index (χ4n) is 2.02. The van der Waals surface area contributed by atoms with Gasteiger partial charge in [0.1, 0.15) is 0 Å². The van der Waals surface area contributed by atoms with E-state index in [9.17, 15) is 4.79 Å². The van der Waals surface area contributed by atoms with E-state index in [0.717, 1.165) is 19.5 Å². The summed E-state index contributed by atoms with van der Waals surface area (Å²) < 4.78 is 0. The summed E-state index contributed by atoms with van der Waals surface area (Å²) in [5.74, 6) is 5.58. The fraction of sp³-hybridized carbons (Fsp3) is 0.909. The Kier molecular flexibility index (Phi) is 5.18. The van der Waals surface area contributed by atoms with Crippen molar-refractivity contribution in [2.75, 3.05) is 20.1 Å². The molecule has 2 unspecified atom stereocenters. The van der Waals surface area contributed by atoms with Gasteiger partial charge < -0.3 is 10.2 Å². The van der Waals surface area contributed by atoms with Crippen LogP contribution in [-0.4, -0.2) is 43.1 Å². The first kappa shape index (κ1) is 13.4. The molecular weight excluding hydrogens is 206 g/mol. The molecule has 0 radical (unpaired) electrons. The zero-order valence-corrected chi connectivity index (χ0v) is 10.4. The molecule has 0 aromatic heterocycles. The summed E-state index contributed by atoms with van der Waals surface area (Å²) in [6.07, 6.45) is 1.16. The number of amides is 1. The topological polar surface area (TPSA) is 67.6 Å². The highest BCUT2D eigenvalue weighted by Gasteiger charge is 2.29. The van der Waals surface area contributed by atoms with E-state index in [-0.39, 0.29) is 11.9 Å². The Bertz CT molecular complexity index is 223. The smallest absolute Gasteiger partial charge is 0.253 e. The highest BCUT2D eigenvalue weighted by molar-refractivity contribution is 5.81. The number of hydrogen-bond acceptors (Lipinski definition) is 4. The van der Waals surface area contributed by atoms with Crippen molar-refractivity contribution in [3.63, 3.8) is 0 Å². The van der Waals surface area contributed by atoms with Crippen molar-refractivity contribution in [1.29, 1.82) is 0 Å². The Morgan fingerprint density at radius 1 is 1.62 bits per heavy atom. The van der Waals surface area contributed by atoms with Crippen molar-refractivity contribution < 1.29 is 9.63 Å². The fourth-order valence-corrected chi connectivity index (χ4v) is 2.02. The maximum atomic E-state index is 12.1. The van der Waals surface area contributed by atoms with Gasteiger partial charge in [-0.25, -0.2) is 5.90 Å². The van der Waals surface area contributed by atoms with Crippen molar-refractivity contribution >= 4 is 5.91 Å². The molecule has 1 saturated heterocycles. The van der Waals surface area contributed by atoms with E-state index in [0.29, 0.717) is 12.3 Å². The van der Waals surface area contributed by atoms with Crippen LogP contribution < -0.4 is 11.2 Å². The van der Waals surface area contributed by atoms with Crippen molar-refractivity contribution in [1.82, 2.24) is 10.2 Å². The number of carbonyl (C=O) groups excluding carboxylic acids is 1. The molecule has 0 aliphatic carbocycles. The Hall–Kier alpha value is -0.650. The van der Waals surface area contributed by atoms with Gasteiger partial charge in [-0.1, -0.05) is 13.8 Å². The Morgan fingerprint density at radius 2 is 2.31 bits per heavy atom. The third-order valence-electron chi connectivity index (χ3n) is 3.05. The molecule has 3 N–H and O–H groups in total. The van der Waals surface area contributed by atoms with Gasteiger partial charge in [-0.15, -0.1) is 0 Å². The Morgan fingerprint density at radius 3 is 2.75 bits per heavy atom. The lowest BCUT2D eigenvalue weighted by atomic mass is 10.0. The molecule has 0 spiro atoms. The minimum absolute atomic E-state index is 0.00935. The van der Waals surface area contributed by atoms with Gasteiger partial charge >= 0.3 is 0 Å². The second kappa shape index (κ2) is 6.18. The monoisotopic (exact) mass is 229 g/mol. The molecule has 16 heavy (non-hydrogen) atoms. The van der Waals surface area contributed by atoms with Crippen molar-refractivity contribution in [3.05, 3.63) is 0 Å². The van der Waals surface area contributed by atoms with Crippen LogP contribution in [0.1, 0.15) is 26.7 Å². The molecule has 0 saturated carbocycles. The molecular formula is C11H23N3O2. The molecule has 5 nitrogen and oxygen atoms in total. The van der Waals surface area contributed by atoms with Crippen LogP contribution in [0.2, 0.25) is 0 Å². The van der Waals surface area contributed by atoms with Crippen LogP contribution >= 0.6 is 0 Å². The lowest BCUT2D eigenvalue weighted by Crippen LogP contribution is -2.46. The number of likely N-dealkylation sites (N-methyl/N-ethyl adjacent to an activating group) is 1. The minimum atomic E-state index is -0.509. The summed E-state index contributed by atoms with van der Waals surface area (Å²) in [4.78, 5) is 18.6. The van der Waals surface area contributed by atoms with Gasteiger partial charge in [0.2, 0.25) is 0 Å². The maximum absolute atomic E-state index is 12.1. The van der Waals surface area contributed by atoms with Gasteiger partial charge in [-0.3, -0.25) is 9.63 Å². The predicted octanol–water partition coefficient (Wildman–Crippen LogP) is 0.112. The maximum Gasteiger partial charge on any atom is 0.253 e. The summed E-state index contributed by atoms with van der Waals surface area (Å²) in [6, 6.07) is 0.275. The second-order valence-corrected chi connectivity index (χ2v) is 4.85. The van der Waals surface area contributed by atoms with E-state index in [4.69, 9.17) is 10.7 Å². The zero-order chi connectivity index (χ0) is 12.1. The van der Waals surface area contributed by atoms with E-state index in [2.05, 4.69) is 19.2 Å². The molecule has 94 valence electrons. The summed E-state index contributed by atoms with van der Waals surface area (Å²) in [5.41, 5.74) is 0. The Balaban J connectivity index is 2.52. The zero-order valence-electron chi connectivity index (χ0n) is 10.4. The highest BCUT2D eigenvalue weighted by Crippen LogP contribution is 2.13. The minimum Gasteiger partial charge on any atom is -0.339 e. The molecule has 0 aromatic carbocycles. The normalized spacial score (nSPS) is 22.4. The van der Waals surface area contributed by atoms with Gasteiger partial charge in [0.05, 0.1) is 0 Å². The predicted molar refractivity (Wildman–Crippen MR) is 62.6 cm³/mol. The first-order valence-electron chi connectivity index (χ1n) is 5.89. The van der Waals surface area contributed by atoms with Crippen LogP contribution in [0.4, 0.5) is 0 Å². The summed E-state index contributed by atoms with van der Waals surface area (Å²) in [7, 11) is 1.83. The summed E-state index contributed by atoms with van der Waals surface area (Å²) >= 11 is 0. The second-order valence-electron chi connectivity index (χ2n) is 4.85. The van der Waals surface area contributed by atoms with E-state index in [1.165, 1.54) is 0 Å². The van der Waals surface area contributed by atoms with Crippen LogP contribution in [-0.2, 0) is 9.63 Å². The van der Waals surface area contributed by atoms with Crippen molar-refractivity contribution in [3.8, 4) is 0 Å². The van der Waals surface area contributed by atoms with Gasteiger partial charge in [0, 0.05) is 19.6 Å². The van der Waals surface area contributed by atoms with E-state index in [1.54, 1.807) is 4.90 Å². The van der Waals surface area contributed by atoms with Crippen LogP contribution in [0.15, 0.2) is 0 Å². The first-order chi connectivity index (χ1) is 7.56. The number of nitrogens with two attached hydrogens (primary N) is 1. The third-order valence-corrected chi connectivity index (χ3v) is 3.05. The van der Waals surface area contributed by atoms with E-state index >= 15 is 0 Å².